The maximum Gasteiger partial charge on any atom is 0.468 e. The number of alkyl carbamates (subject to hydrolysis) is 1. The molecule has 166 valence electrons. The first-order valence-electron chi connectivity index (χ1n) is 9.85. The minimum absolute atomic E-state index is 0.417. The van der Waals surface area contributed by atoms with Gasteiger partial charge in [-0.1, -0.05) is 12.1 Å². The number of methoxy groups -OCH3 is 1. The Labute approximate surface area is 177 Å². The van der Waals surface area contributed by atoms with Crippen molar-refractivity contribution in [2.75, 3.05) is 7.11 Å². The summed E-state index contributed by atoms with van der Waals surface area (Å²) in [7, 11) is 0.259. The highest BCUT2D eigenvalue weighted by Gasteiger charge is 2.57. The average molecular weight is 423 g/mol. The van der Waals surface area contributed by atoms with E-state index in [9.17, 15) is 14.0 Å². The van der Waals surface area contributed by atoms with Crippen LogP contribution in [0.5, 0.6) is 0 Å². The van der Waals surface area contributed by atoms with Gasteiger partial charge in [0.05, 0.1) is 24.1 Å². The van der Waals surface area contributed by atoms with E-state index in [-0.39, 0.29) is 0 Å². The molecule has 1 saturated heterocycles. The van der Waals surface area contributed by atoms with Gasteiger partial charge in [0, 0.05) is 0 Å². The Morgan fingerprint density at radius 1 is 1.13 bits per heavy atom. The van der Waals surface area contributed by atoms with Crippen molar-refractivity contribution in [3.05, 3.63) is 35.6 Å². The fraction of sp³-hybridized carbons (Fsp3) is 0.619. The Hall–Kier alpha value is -2.13. The number of ether oxygens (including phenoxy) is 2. The van der Waals surface area contributed by atoms with Gasteiger partial charge >= 0.3 is 19.2 Å². The van der Waals surface area contributed by atoms with Crippen LogP contribution in [-0.4, -0.2) is 49.1 Å². The summed E-state index contributed by atoms with van der Waals surface area (Å²) in [5.74, 6) is -2.11. The summed E-state index contributed by atoms with van der Waals surface area (Å²) in [6.45, 7) is 12.6. The molecule has 1 aliphatic heterocycles. The molecule has 2 rings (SSSR count). The second-order valence-corrected chi connectivity index (χ2v) is 9.35. The minimum atomic E-state index is -1.23. The molecule has 1 aromatic carbocycles. The van der Waals surface area contributed by atoms with Gasteiger partial charge in [-0.15, -0.1) is 0 Å². The van der Waals surface area contributed by atoms with Crippen molar-refractivity contribution >= 4 is 19.2 Å². The van der Waals surface area contributed by atoms with Crippen LogP contribution in [-0.2, 0) is 23.6 Å². The molecular formula is C21H31BFNO6. The van der Waals surface area contributed by atoms with Crippen LogP contribution in [0, 0.1) is 5.82 Å². The van der Waals surface area contributed by atoms with E-state index in [1.54, 1.807) is 26.8 Å². The van der Waals surface area contributed by atoms with Crippen LogP contribution < -0.4 is 5.32 Å². The zero-order valence-corrected chi connectivity index (χ0v) is 18.9. The molecule has 2 atom stereocenters. The molecule has 0 aromatic heterocycles. The molecular weight excluding hydrogens is 392 g/mol. The summed E-state index contributed by atoms with van der Waals surface area (Å²) in [5.41, 5.74) is -1.75. The maximum absolute atomic E-state index is 14.0. The van der Waals surface area contributed by atoms with Gasteiger partial charge in [0.1, 0.15) is 17.5 Å². The molecule has 1 aliphatic rings. The summed E-state index contributed by atoms with van der Waals surface area (Å²) in [6, 6.07) is 4.50. The van der Waals surface area contributed by atoms with Gasteiger partial charge in [-0.25, -0.2) is 14.0 Å². The fourth-order valence-corrected chi connectivity index (χ4v) is 3.11. The van der Waals surface area contributed by atoms with Gasteiger partial charge in [0.2, 0.25) is 0 Å². The van der Waals surface area contributed by atoms with E-state index in [1.165, 1.54) is 25.3 Å². The summed E-state index contributed by atoms with van der Waals surface area (Å²) < 4.78 is 36.5. The van der Waals surface area contributed by atoms with Crippen LogP contribution in [0.15, 0.2) is 24.3 Å². The zero-order chi connectivity index (χ0) is 22.9. The van der Waals surface area contributed by atoms with Gasteiger partial charge in [0.15, 0.2) is 0 Å². The lowest BCUT2D eigenvalue weighted by Gasteiger charge is -2.32. The Balaban J connectivity index is 2.49. The van der Waals surface area contributed by atoms with Crippen LogP contribution in [0.25, 0.3) is 0 Å². The van der Waals surface area contributed by atoms with Gasteiger partial charge in [-0.05, 0) is 66.2 Å². The van der Waals surface area contributed by atoms with Gasteiger partial charge in [0.25, 0.3) is 0 Å². The predicted octanol–water partition coefficient (Wildman–Crippen LogP) is 3.61. The Morgan fingerprint density at radius 3 is 2.17 bits per heavy atom. The third-order valence-electron chi connectivity index (χ3n) is 5.28. The number of carbonyl (C=O) groups is 2. The van der Waals surface area contributed by atoms with Crippen LogP contribution in [0.1, 0.15) is 59.8 Å². The van der Waals surface area contributed by atoms with E-state index in [0.717, 1.165) is 0 Å². The smallest absolute Gasteiger partial charge is 0.467 e. The molecule has 1 aromatic rings. The monoisotopic (exact) mass is 423 g/mol. The maximum atomic E-state index is 14.0. The molecule has 0 saturated carbocycles. The van der Waals surface area contributed by atoms with Crippen LogP contribution >= 0.6 is 0 Å². The quantitative estimate of drug-likeness (QED) is 0.576. The van der Waals surface area contributed by atoms with Gasteiger partial charge < -0.3 is 24.1 Å². The molecule has 0 unspecified atom stereocenters. The number of halogens is 1. The van der Waals surface area contributed by atoms with Crippen molar-refractivity contribution in [2.45, 2.75) is 77.1 Å². The highest BCUT2D eigenvalue weighted by Crippen LogP contribution is 2.42. The number of hydrogen-bond acceptors (Lipinski definition) is 6. The number of carbonyl (C=O) groups excluding carboxylic acids is 2. The normalized spacial score (nSPS) is 19.7. The third kappa shape index (κ3) is 5.52. The first-order chi connectivity index (χ1) is 13.7. The molecule has 1 amide bonds. The Kier molecular flexibility index (Phi) is 6.88. The topological polar surface area (TPSA) is 83.1 Å². The first kappa shape index (κ1) is 24.1. The minimum Gasteiger partial charge on any atom is -0.467 e. The highest BCUT2D eigenvalue weighted by atomic mass is 19.1. The number of esters is 1. The van der Waals surface area contributed by atoms with Gasteiger partial charge in [-0.3, -0.25) is 0 Å². The number of rotatable bonds is 5. The molecule has 9 heteroatoms. The lowest BCUT2D eigenvalue weighted by molar-refractivity contribution is -0.143. The summed E-state index contributed by atoms with van der Waals surface area (Å²) in [4.78, 5) is 25.2. The standard InChI is InChI=1S/C21H31BFNO6/c1-19(2,3)28-18(26)24-16(17(25)27-8)15(13-10-9-11-14(23)12-13)22-29-20(4,5)21(6,7)30-22/h9-12,15-16H,1-8H3,(H,24,26)/t15-,16-/m1/s1. The SMILES string of the molecule is COC(=O)[C@H](NC(=O)OC(C)(C)C)[C@H](B1OC(C)(C)C(C)(C)O1)c1cccc(F)c1. The number of hydrogen-bond donors (Lipinski definition) is 1. The largest absolute Gasteiger partial charge is 0.468 e. The summed E-state index contributed by atoms with van der Waals surface area (Å²) in [6.07, 6.45) is -0.809. The van der Waals surface area contributed by atoms with E-state index in [1.807, 2.05) is 27.7 Å². The summed E-state index contributed by atoms with van der Waals surface area (Å²) >= 11 is 0. The number of nitrogens with one attached hydrogen (secondary N) is 1. The fourth-order valence-electron chi connectivity index (χ4n) is 3.11. The third-order valence-corrected chi connectivity index (χ3v) is 5.28. The van der Waals surface area contributed by atoms with Crippen LogP contribution in [0.3, 0.4) is 0 Å². The molecule has 0 spiro atoms. The molecule has 1 N–H and O–H groups in total. The molecule has 7 nitrogen and oxygen atoms in total. The van der Waals surface area contributed by atoms with E-state index in [2.05, 4.69) is 5.32 Å². The molecule has 1 fully saturated rings. The van der Waals surface area contributed by atoms with Crippen LogP contribution in [0.2, 0.25) is 0 Å². The Morgan fingerprint density at radius 2 is 1.70 bits per heavy atom. The second kappa shape index (κ2) is 8.55. The first-order valence-corrected chi connectivity index (χ1v) is 9.85. The molecule has 30 heavy (non-hydrogen) atoms. The van der Waals surface area contributed by atoms with E-state index >= 15 is 0 Å². The predicted molar refractivity (Wildman–Crippen MR) is 110 cm³/mol. The van der Waals surface area contributed by atoms with Crippen molar-refractivity contribution < 1.29 is 32.8 Å². The van der Waals surface area contributed by atoms with Crippen molar-refractivity contribution in [1.82, 2.24) is 5.32 Å². The molecule has 0 aliphatic carbocycles. The number of amides is 1. The lowest BCUT2D eigenvalue weighted by atomic mass is 9.64. The van der Waals surface area contributed by atoms with E-state index in [0.29, 0.717) is 5.56 Å². The number of benzene rings is 1. The average Bonchev–Trinajstić information content (AvgIpc) is 2.79. The molecule has 0 radical (unpaired) electrons. The summed E-state index contributed by atoms with van der Waals surface area (Å²) in [5, 5.41) is 2.56. The second-order valence-electron chi connectivity index (χ2n) is 9.35. The van der Waals surface area contributed by atoms with Crippen molar-refractivity contribution in [3.63, 3.8) is 0 Å². The van der Waals surface area contributed by atoms with E-state index < -0.39 is 53.7 Å². The molecule has 1 heterocycles. The van der Waals surface area contributed by atoms with Crippen molar-refractivity contribution in [3.8, 4) is 0 Å². The van der Waals surface area contributed by atoms with Crippen molar-refractivity contribution in [1.29, 1.82) is 0 Å². The molecule has 0 bridgehead atoms. The zero-order valence-electron chi connectivity index (χ0n) is 18.9. The Bertz CT molecular complexity index is 776. The lowest BCUT2D eigenvalue weighted by Crippen LogP contribution is -2.52. The van der Waals surface area contributed by atoms with E-state index in [4.69, 9.17) is 18.8 Å². The highest BCUT2D eigenvalue weighted by molar-refractivity contribution is 6.48. The van der Waals surface area contributed by atoms with Gasteiger partial charge in [-0.2, -0.15) is 0 Å². The van der Waals surface area contributed by atoms with Crippen molar-refractivity contribution in [2.24, 2.45) is 0 Å². The van der Waals surface area contributed by atoms with Crippen LogP contribution in [0.4, 0.5) is 9.18 Å².